The molecule has 2 rings (SSSR count). The molecule has 0 aliphatic carbocycles. The molecule has 1 N–H and O–H groups in total. The summed E-state index contributed by atoms with van der Waals surface area (Å²) in [5, 5.41) is 9.03. The van der Waals surface area contributed by atoms with Crippen LogP contribution in [0.3, 0.4) is 0 Å². The fourth-order valence-electron chi connectivity index (χ4n) is 1.48. The summed E-state index contributed by atoms with van der Waals surface area (Å²) in [5.41, 5.74) is 0.334. The fraction of sp³-hybridized carbons (Fsp3) is 0.154. The first-order chi connectivity index (χ1) is 8.16. The van der Waals surface area contributed by atoms with Crippen molar-refractivity contribution >= 4 is 17.7 Å². The largest absolute Gasteiger partial charge is 0.478 e. The van der Waals surface area contributed by atoms with Crippen LogP contribution >= 0.6 is 11.8 Å². The van der Waals surface area contributed by atoms with Crippen molar-refractivity contribution in [1.82, 2.24) is 0 Å². The molecule has 0 saturated carbocycles. The van der Waals surface area contributed by atoms with Gasteiger partial charge in [-0.1, -0.05) is 12.1 Å². The summed E-state index contributed by atoms with van der Waals surface area (Å²) in [7, 11) is 0. The number of furan rings is 1. The molecule has 1 heterocycles. The molecule has 3 nitrogen and oxygen atoms in total. The SMILES string of the molecule is Cc1ccc(CSc2ccccc2C(=O)O)o1. The number of rotatable bonds is 4. The van der Waals surface area contributed by atoms with Crippen LogP contribution in [-0.4, -0.2) is 11.1 Å². The van der Waals surface area contributed by atoms with Gasteiger partial charge in [-0.2, -0.15) is 0 Å². The second-order valence-corrected chi connectivity index (χ2v) is 4.62. The van der Waals surface area contributed by atoms with Crippen LogP contribution in [0.5, 0.6) is 0 Å². The average Bonchev–Trinajstić information content (AvgIpc) is 2.73. The van der Waals surface area contributed by atoms with Crippen LogP contribution in [0.1, 0.15) is 21.9 Å². The van der Waals surface area contributed by atoms with Gasteiger partial charge in [0.15, 0.2) is 0 Å². The summed E-state index contributed by atoms with van der Waals surface area (Å²) in [4.78, 5) is 11.8. The van der Waals surface area contributed by atoms with Crippen molar-refractivity contribution in [3.63, 3.8) is 0 Å². The van der Waals surface area contributed by atoms with E-state index in [9.17, 15) is 4.79 Å². The number of hydrogen-bond donors (Lipinski definition) is 1. The van der Waals surface area contributed by atoms with E-state index in [1.54, 1.807) is 12.1 Å². The van der Waals surface area contributed by atoms with Crippen molar-refractivity contribution in [2.45, 2.75) is 17.6 Å². The molecule has 0 bridgehead atoms. The third-order valence-corrected chi connectivity index (χ3v) is 3.38. The maximum absolute atomic E-state index is 11.0. The molecule has 88 valence electrons. The molecular weight excluding hydrogens is 236 g/mol. The second kappa shape index (κ2) is 5.10. The first kappa shape index (κ1) is 11.8. The van der Waals surface area contributed by atoms with Crippen LogP contribution in [0.2, 0.25) is 0 Å². The van der Waals surface area contributed by atoms with E-state index in [0.717, 1.165) is 16.4 Å². The van der Waals surface area contributed by atoms with Gasteiger partial charge in [0.2, 0.25) is 0 Å². The lowest BCUT2D eigenvalue weighted by Crippen LogP contribution is -1.98. The number of carbonyl (C=O) groups is 1. The lowest BCUT2D eigenvalue weighted by molar-refractivity contribution is 0.0693. The highest BCUT2D eigenvalue weighted by Gasteiger charge is 2.10. The third-order valence-electron chi connectivity index (χ3n) is 2.28. The Morgan fingerprint density at radius 3 is 2.71 bits per heavy atom. The summed E-state index contributed by atoms with van der Waals surface area (Å²) in [6.45, 7) is 1.89. The molecule has 17 heavy (non-hydrogen) atoms. The molecule has 0 aliphatic rings. The van der Waals surface area contributed by atoms with Gasteiger partial charge in [0.25, 0.3) is 0 Å². The fourth-order valence-corrected chi connectivity index (χ4v) is 2.42. The molecule has 4 heteroatoms. The van der Waals surface area contributed by atoms with Gasteiger partial charge >= 0.3 is 5.97 Å². The normalized spacial score (nSPS) is 10.4. The number of carboxylic acid groups (broad SMARTS) is 1. The van der Waals surface area contributed by atoms with Crippen molar-refractivity contribution in [1.29, 1.82) is 0 Å². The molecule has 0 radical (unpaired) electrons. The van der Waals surface area contributed by atoms with Crippen LogP contribution < -0.4 is 0 Å². The minimum absolute atomic E-state index is 0.334. The minimum Gasteiger partial charge on any atom is -0.478 e. The number of aryl methyl sites for hydroxylation is 1. The summed E-state index contributed by atoms with van der Waals surface area (Å²) in [6, 6.07) is 10.8. The van der Waals surface area contributed by atoms with Crippen molar-refractivity contribution in [3.05, 3.63) is 53.5 Å². The minimum atomic E-state index is -0.899. The molecule has 0 unspecified atom stereocenters. The van der Waals surface area contributed by atoms with Gasteiger partial charge in [-0.05, 0) is 31.2 Å². The Labute approximate surface area is 103 Å². The van der Waals surface area contributed by atoms with Crippen LogP contribution in [0.15, 0.2) is 45.7 Å². The molecule has 0 atom stereocenters. The van der Waals surface area contributed by atoms with Crippen LogP contribution in [0.25, 0.3) is 0 Å². The van der Waals surface area contributed by atoms with Gasteiger partial charge in [-0.15, -0.1) is 11.8 Å². The Morgan fingerprint density at radius 2 is 2.06 bits per heavy atom. The van der Waals surface area contributed by atoms with E-state index in [-0.39, 0.29) is 0 Å². The quantitative estimate of drug-likeness (QED) is 0.840. The Kier molecular flexibility index (Phi) is 3.54. The first-order valence-electron chi connectivity index (χ1n) is 5.17. The van der Waals surface area contributed by atoms with Crippen LogP contribution in [0, 0.1) is 6.92 Å². The van der Waals surface area contributed by atoms with Gasteiger partial charge < -0.3 is 9.52 Å². The molecular formula is C13H12O3S. The molecule has 0 saturated heterocycles. The van der Waals surface area contributed by atoms with E-state index in [0.29, 0.717) is 11.3 Å². The van der Waals surface area contributed by atoms with Gasteiger partial charge in [0.1, 0.15) is 11.5 Å². The summed E-state index contributed by atoms with van der Waals surface area (Å²) >= 11 is 1.47. The Morgan fingerprint density at radius 1 is 1.29 bits per heavy atom. The smallest absolute Gasteiger partial charge is 0.336 e. The van der Waals surface area contributed by atoms with E-state index in [2.05, 4.69) is 0 Å². The summed E-state index contributed by atoms with van der Waals surface area (Å²) < 4.78 is 5.44. The van der Waals surface area contributed by atoms with Crippen molar-refractivity contribution in [2.24, 2.45) is 0 Å². The van der Waals surface area contributed by atoms with Crippen LogP contribution in [-0.2, 0) is 5.75 Å². The lowest BCUT2D eigenvalue weighted by Gasteiger charge is -2.03. The Hall–Kier alpha value is -1.68. The average molecular weight is 248 g/mol. The van der Waals surface area contributed by atoms with Gasteiger partial charge in [-0.3, -0.25) is 0 Å². The van der Waals surface area contributed by atoms with E-state index < -0.39 is 5.97 Å². The first-order valence-corrected chi connectivity index (χ1v) is 6.16. The van der Waals surface area contributed by atoms with Crippen molar-refractivity contribution < 1.29 is 14.3 Å². The molecule has 0 spiro atoms. The molecule has 1 aromatic carbocycles. The highest BCUT2D eigenvalue weighted by Crippen LogP contribution is 2.26. The molecule has 0 amide bonds. The number of carboxylic acids is 1. The molecule has 2 aromatic rings. The van der Waals surface area contributed by atoms with Gasteiger partial charge in [0, 0.05) is 4.90 Å². The zero-order chi connectivity index (χ0) is 12.3. The number of aromatic carboxylic acids is 1. The monoisotopic (exact) mass is 248 g/mol. The second-order valence-electron chi connectivity index (χ2n) is 3.60. The molecule has 1 aromatic heterocycles. The van der Waals surface area contributed by atoms with Crippen molar-refractivity contribution in [3.8, 4) is 0 Å². The van der Waals surface area contributed by atoms with Crippen LogP contribution in [0.4, 0.5) is 0 Å². The predicted molar refractivity (Wildman–Crippen MR) is 66.4 cm³/mol. The summed E-state index contributed by atoms with van der Waals surface area (Å²) in [5.74, 6) is 1.46. The van der Waals surface area contributed by atoms with E-state index in [1.165, 1.54) is 11.8 Å². The Bertz CT molecular complexity index is 531. The van der Waals surface area contributed by atoms with E-state index >= 15 is 0 Å². The number of hydrogen-bond acceptors (Lipinski definition) is 3. The topological polar surface area (TPSA) is 50.4 Å². The van der Waals surface area contributed by atoms with Crippen molar-refractivity contribution in [2.75, 3.05) is 0 Å². The van der Waals surface area contributed by atoms with Gasteiger partial charge in [0.05, 0.1) is 11.3 Å². The zero-order valence-corrected chi connectivity index (χ0v) is 10.2. The highest BCUT2D eigenvalue weighted by molar-refractivity contribution is 7.98. The molecule has 0 fully saturated rings. The lowest BCUT2D eigenvalue weighted by atomic mass is 10.2. The number of benzene rings is 1. The van der Waals surface area contributed by atoms with E-state index in [4.69, 9.17) is 9.52 Å². The molecule has 0 aliphatic heterocycles. The summed E-state index contributed by atoms with van der Waals surface area (Å²) in [6.07, 6.45) is 0. The standard InChI is InChI=1S/C13H12O3S/c1-9-6-7-10(16-9)8-17-12-5-3-2-4-11(12)13(14)15/h2-7H,8H2,1H3,(H,14,15). The maximum atomic E-state index is 11.0. The Balaban J connectivity index is 2.11. The maximum Gasteiger partial charge on any atom is 0.336 e. The predicted octanol–water partition coefficient (Wildman–Crippen LogP) is 3.58. The highest BCUT2D eigenvalue weighted by atomic mass is 32.2. The van der Waals surface area contributed by atoms with E-state index in [1.807, 2.05) is 31.2 Å². The third kappa shape index (κ3) is 2.91. The van der Waals surface area contributed by atoms with Gasteiger partial charge in [-0.25, -0.2) is 4.79 Å². The zero-order valence-electron chi connectivity index (χ0n) is 9.34. The number of thioether (sulfide) groups is 1.